The van der Waals surface area contributed by atoms with Crippen LogP contribution in [-0.4, -0.2) is 6.03 Å². The van der Waals surface area contributed by atoms with E-state index in [1.54, 1.807) is 6.92 Å². The van der Waals surface area contributed by atoms with Gasteiger partial charge in [-0.2, -0.15) is 0 Å². The number of nitrogens with one attached hydrogen (secondary N) is 2. The molecule has 1 rings (SSSR count). The third-order valence-electron chi connectivity index (χ3n) is 1.90. The fourth-order valence-corrected chi connectivity index (χ4v) is 1.13. The molecular weight excluding hydrogens is 188 g/mol. The molecule has 0 saturated carbocycles. The van der Waals surface area contributed by atoms with Crippen LogP contribution in [0.25, 0.3) is 0 Å². The first-order valence-electron chi connectivity index (χ1n) is 4.84. The van der Waals surface area contributed by atoms with E-state index in [0.29, 0.717) is 12.2 Å². The molecule has 0 unspecified atom stereocenters. The summed E-state index contributed by atoms with van der Waals surface area (Å²) < 4.78 is 0. The molecule has 0 aromatic heterocycles. The maximum atomic E-state index is 11.2. The van der Waals surface area contributed by atoms with Gasteiger partial charge >= 0.3 is 6.03 Å². The van der Waals surface area contributed by atoms with Gasteiger partial charge in [-0.05, 0) is 19.4 Å². The molecule has 80 valence electrons. The molecule has 0 atom stereocenters. The lowest BCUT2D eigenvalue weighted by atomic mass is 10.1. The highest BCUT2D eigenvalue weighted by Gasteiger charge is 1.99. The molecular formula is C12H16N2O. The predicted octanol–water partition coefficient (Wildman–Crippen LogP) is 2.33. The van der Waals surface area contributed by atoms with Crippen molar-refractivity contribution in [2.24, 2.45) is 0 Å². The smallest absolute Gasteiger partial charge is 0.319 e. The van der Waals surface area contributed by atoms with Gasteiger partial charge in [-0.25, -0.2) is 4.79 Å². The van der Waals surface area contributed by atoms with Gasteiger partial charge in [0.05, 0.1) is 0 Å². The maximum absolute atomic E-state index is 11.2. The third-order valence-corrected chi connectivity index (χ3v) is 1.90. The molecule has 2 N–H and O–H groups in total. The van der Waals surface area contributed by atoms with Crippen LogP contribution in [0.2, 0.25) is 0 Å². The molecule has 1 aromatic carbocycles. The number of urea groups is 1. The lowest BCUT2D eigenvalue weighted by molar-refractivity contribution is 0.243. The summed E-state index contributed by atoms with van der Waals surface area (Å²) in [4.78, 5) is 11.2. The van der Waals surface area contributed by atoms with Crippen molar-refractivity contribution in [3.8, 4) is 0 Å². The van der Waals surface area contributed by atoms with Gasteiger partial charge in [-0.3, -0.25) is 0 Å². The Kier molecular flexibility index (Phi) is 3.92. The lowest BCUT2D eigenvalue weighted by Crippen LogP contribution is -2.33. The number of carbonyl (C=O) groups excluding carboxylic acids is 1. The van der Waals surface area contributed by atoms with E-state index >= 15 is 0 Å². The topological polar surface area (TPSA) is 41.1 Å². The molecule has 1 aromatic rings. The zero-order chi connectivity index (χ0) is 11.3. The Morgan fingerprint density at radius 3 is 2.47 bits per heavy atom. The van der Waals surface area contributed by atoms with Crippen molar-refractivity contribution in [1.29, 1.82) is 0 Å². The van der Waals surface area contributed by atoms with Crippen molar-refractivity contribution in [2.45, 2.75) is 20.4 Å². The van der Waals surface area contributed by atoms with Crippen LogP contribution < -0.4 is 10.6 Å². The number of aryl methyl sites for hydroxylation is 1. The Bertz CT molecular complexity index is 354. The van der Waals surface area contributed by atoms with Crippen molar-refractivity contribution >= 4 is 6.03 Å². The second-order valence-corrected chi connectivity index (χ2v) is 3.57. The SMILES string of the molecule is C=C(C)NC(=O)NCc1ccc(C)cc1. The summed E-state index contributed by atoms with van der Waals surface area (Å²) in [6.07, 6.45) is 0. The average Bonchev–Trinajstić information content (AvgIpc) is 2.16. The molecule has 2 amide bonds. The van der Waals surface area contributed by atoms with Gasteiger partial charge in [-0.15, -0.1) is 0 Å². The Labute approximate surface area is 90.2 Å². The van der Waals surface area contributed by atoms with E-state index in [4.69, 9.17) is 0 Å². The average molecular weight is 204 g/mol. The van der Waals surface area contributed by atoms with Crippen LogP contribution in [0.4, 0.5) is 4.79 Å². The molecule has 0 aliphatic heterocycles. The van der Waals surface area contributed by atoms with Crippen LogP contribution in [0, 0.1) is 6.92 Å². The standard InChI is InChI=1S/C12H16N2O/c1-9(2)14-12(15)13-8-11-6-4-10(3)5-7-11/h4-7H,1,8H2,2-3H3,(H2,13,14,15). The van der Waals surface area contributed by atoms with Gasteiger partial charge in [0.25, 0.3) is 0 Å². The lowest BCUT2D eigenvalue weighted by Gasteiger charge is -2.06. The minimum Gasteiger partial charge on any atom is -0.334 e. The summed E-state index contributed by atoms with van der Waals surface area (Å²) >= 11 is 0. The van der Waals surface area contributed by atoms with Gasteiger partial charge in [0.1, 0.15) is 0 Å². The third kappa shape index (κ3) is 4.31. The quantitative estimate of drug-likeness (QED) is 0.779. The molecule has 0 spiro atoms. The molecule has 0 heterocycles. The van der Waals surface area contributed by atoms with Crippen molar-refractivity contribution in [3.05, 3.63) is 47.7 Å². The molecule has 0 fully saturated rings. The summed E-state index contributed by atoms with van der Waals surface area (Å²) in [6.45, 7) is 7.89. The number of benzene rings is 1. The van der Waals surface area contributed by atoms with E-state index < -0.39 is 0 Å². The zero-order valence-corrected chi connectivity index (χ0v) is 9.13. The zero-order valence-electron chi connectivity index (χ0n) is 9.13. The number of hydrogen-bond donors (Lipinski definition) is 2. The number of rotatable bonds is 3. The molecule has 15 heavy (non-hydrogen) atoms. The molecule has 0 saturated heterocycles. The van der Waals surface area contributed by atoms with Gasteiger partial charge in [0.2, 0.25) is 0 Å². The van der Waals surface area contributed by atoms with Crippen LogP contribution in [0.5, 0.6) is 0 Å². The van der Waals surface area contributed by atoms with Gasteiger partial charge in [0, 0.05) is 12.2 Å². The Morgan fingerprint density at radius 2 is 1.93 bits per heavy atom. The molecule has 0 aliphatic rings. The highest BCUT2D eigenvalue weighted by Crippen LogP contribution is 2.02. The van der Waals surface area contributed by atoms with E-state index in [1.165, 1.54) is 5.56 Å². The minimum absolute atomic E-state index is 0.219. The van der Waals surface area contributed by atoms with Crippen LogP contribution >= 0.6 is 0 Å². The summed E-state index contributed by atoms with van der Waals surface area (Å²) in [6, 6.07) is 7.82. The first-order valence-corrected chi connectivity index (χ1v) is 4.84. The van der Waals surface area contributed by atoms with E-state index in [9.17, 15) is 4.79 Å². The first-order chi connectivity index (χ1) is 7.08. The normalized spacial score (nSPS) is 9.47. The second-order valence-electron chi connectivity index (χ2n) is 3.57. The molecule has 3 heteroatoms. The molecule has 0 radical (unpaired) electrons. The summed E-state index contributed by atoms with van der Waals surface area (Å²) in [7, 11) is 0. The van der Waals surface area contributed by atoms with Crippen molar-refractivity contribution < 1.29 is 4.79 Å². The van der Waals surface area contributed by atoms with E-state index in [2.05, 4.69) is 17.2 Å². The predicted molar refractivity (Wildman–Crippen MR) is 61.4 cm³/mol. The summed E-state index contributed by atoms with van der Waals surface area (Å²) in [5, 5.41) is 5.32. The Morgan fingerprint density at radius 1 is 1.33 bits per heavy atom. The Balaban J connectivity index is 2.40. The van der Waals surface area contributed by atoms with Crippen LogP contribution in [-0.2, 0) is 6.54 Å². The van der Waals surface area contributed by atoms with Gasteiger partial charge in [0.15, 0.2) is 0 Å². The Hall–Kier alpha value is -1.77. The van der Waals surface area contributed by atoms with E-state index in [1.807, 2.05) is 31.2 Å². The van der Waals surface area contributed by atoms with Gasteiger partial charge < -0.3 is 10.6 Å². The molecule has 3 nitrogen and oxygen atoms in total. The van der Waals surface area contributed by atoms with Crippen LogP contribution in [0.1, 0.15) is 18.1 Å². The summed E-state index contributed by atoms with van der Waals surface area (Å²) in [5.74, 6) is 0. The van der Waals surface area contributed by atoms with Crippen LogP contribution in [0.15, 0.2) is 36.5 Å². The second kappa shape index (κ2) is 5.20. The van der Waals surface area contributed by atoms with Crippen molar-refractivity contribution in [3.63, 3.8) is 0 Å². The molecule has 0 bridgehead atoms. The molecule has 0 aliphatic carbocycles. The maximum Gasteiger partial charge on any atom is 0.319 e. The van der Waals surface area contributed by atoms with Crippen molar-refractivity contribution in [2.75, 3.05) is 0 Å². The van der Waals surface area contributed by atoms with E-state index in [0.717, 1.165) is 5.56 Å². The highest BCUT2D eigenvalue weighted by molar-refractivity contribution is 5.75. The first kappa shape index (κ1) is 11.3. The fourth-order valence-electron chi connectivity index (χ4n) is 1.13. The fraction of sp³-hybridized carbons (Fsp3) is 0.250. The van der Waals surface area contributed by atoms with Gasteiger partial charge in [-0.1, -0.05) is 36.4 Å². The largest absolute Gasteiger partial charge is 0.334 e. The number of carbonyl (C=O) groups is 1. The minimum atomic E-state index is -0.219. The van der Waals surface area contributed by atoms with Crippen LogP contribution in [0.3, 0.4) is 0 Å². The number of allylic oxidation sites excluding steroid dienone is 1. The van der Waals surface area contributed by atoms with Crippen molar-refractivity contribution in [1.82, 2.24) is 10.6 Å². The monoisotopic (exact) mass is 204 g/mol. The van der Waals surface area contributed by atoms with E-state index in [-0.39, 0.29) is 6.03 Å². The summed E-state index contributed by atoms with van der Waals surface area (Å²) in [5.41, 5.74) is 2.93. The highest BCUT2D eigenvalue weighted by atomic mass is 16.2. The number of hydrogen-bond acceptors (Lipinski definition) is 1. The number of amides is 2.